The van der Waals surface area contributed by atoms with E-state index in [1.807, 2.05) is 6.92 Å². The van der Waals surface area contributed by atoms with Gasteiger partial charge < -0.3 is 15.2 Å². The van der Waals surface area contributed by atoms with Crippen LogP contribution in [-0.4, -0.2) is 14.2 Å². The Morgan fingerprint density at radius 3 is 2.24 bits per heavy atom. The molecule has 0 heterocycles. The van der Waals surface area contributed by atoms with Crippen LogP contribution in [0, 0.1) is 6.92 Å². The summed E-state index contributed by atoms with van der Waals surface area (Å²) in [6.07, 6.45) is 3.27. The van der Waals surface area contributed by atoms with E-state index in [1.165, 1.54) is 6.42 Å². The van der Waals surface area contributed by atoms with E-state index in [0.717, 1.165) is 39.9 Å². The zero-order chi connectivity index (χ0) is 12.6. The van der Waals surface area contributed by atoms with Gasteiger partial charge in [0.1, 0.15) is 0 Å². The monoisotopic (exact) mass is 299 g/mol. The molecule has 2 N–H and O–H groups in total. The van der Waals surface area contributed by atoms with Crippen molar-refractivity contribution in [3.63, 3.8) is 0 Å². The van der Waals surface area contributed by atoms with Crippen molar-refractivity contribution >= 4 is 15.9 Å². The molecule has 4 heteroatoms. The fourth-order valence-electron chi connectivity index (χ4n) is 2.48. The summed E-state index contributed by atoms with van der Waals surface area (Å²) in [6.45, 7) is 2.04. The van der Waals surface area contributed by atoms with Gasteiger partial charge in [0, 0.05) is 11.1 Å². The number of halogens is 1. The van der Waals surface area contributed by atoms with Crippen LogP contribution < -0.4 is 15.2 Å². The average Bonchev–Trinajstić information content (AvgIpc) is 2.28. The van der Waals surface area contributed by atoms with E-state index in [2.05, 4.69) is 22.0 Å². The summed E-state index contributed by atoms with van der Waals surface area (Å²) in [5.41, 5.74) is 8.44. The maximum Gasteiger partial charge on any atom is 0.175 e. The lowest BCUT2D eigenvalue weighted by Gasteiger charge is -2.40. The van der Waals surface area contributed by atoms with Crippen molar-refractivity contribution < 1.29 is 9.47 Å². The highest BCUT2D eigenvalue weighted by atomic mass is 79.9. The first-order valence-electron chi connectivity index (χ1n) is 5.74. The largest absolute Gasteiger partial charge is 0.493 e. The number of ether oxygens (including phenoxy) is 2. The molecule has 0 atom stereocenters. The highest BCUT2D eigenvalue weighted by Crippen LogP contribution is 2.47. The Labute approximate surface area is 110 Å². The van der Waals surface area contributed by atoms with Gasteiger partial charge in [-0.1, -0.05) is 0 Å². The number of methoxy groups -OCH3 is 2. The predicted molar refractivity (Wildman–Crippen MR) is 71.7 cm³/mol. The first kappa shape index (κ1) is 12.7. The molecule has 0 bridgehead atoms. The molecular weight excluding hydrogens is 282 g/mol. The topological polar surface area (TPSA) is 44.5 Å². The summed E-state index contributed by atoms with van der Waals surface area (Å²) in [5.74, 6) is 1.50. The Morgan fingerprint density at radius 2 is 1.82 bits per heavy atom. The van der Waals surface area contributed by atoms with Gasteiger partial charge in [-0.25, -0.2) is 0 Å². The molecule has 0 aromatic heterocycles. The van der Waals surface area contributed by atoms with Crippen LogP contribution in [0.15, 0.2) is 10.5 Å². The fourth-order valence-corrected chi connectivity index (χ4v) is 3.05. The van der Waals surface area contributed by atoms with Gasteiger partial charge in [0.15, 0.2) is 11.5 Å². The SMILES string of the molecule is COc1c(Br)cc(C2(N)CCC2)c(C)c1OC. The van der Waals surface area contributed by atoms with Crippen LogP contribution in [0.25, 0.3) is 0 Å². The fraction of sp³-hybridized carbons (Fsp3) is 0.538. The third kappa shape index (κ3) is 1.93. The van der Waals surface area contributed by atoms with Crippen LogP contribution >= 0.6 is 15.9 Å². The molecule has 0 amide bonds. The molecule has 94 valence electrons. The third-order valence-corrected chi connectivity index (χ3v) is 4.22. The van der Waals surface area contributed by atoms with Gasteiger partial charge in [0.25, 0.3) is 0 Å². The van der Waals surface area contributed by atoms with Crippen molar-refractivity contribution in [1.29, 1.82) is 0 Å². The molecule has 3 nitrogen and oxygen atoms in total. The van der Waals surface area contributed by atoms with E-state index in [4.69, 9.17) is 15.2 Å². The molecule has 0 saturated heterocycles. The summed E-state index contributed by atoms with van der Waals surface area (Å²) in [6, 6.07) is 2.07. The molecule has 0 aliphatic heterocycles. The van der Waals surface area contributed by atoms with Gasteiger partial charge >= 0.3 is 0 Å². The van der Waals surface area contributed by atoms with Crippen LogP contribution in [0.3, 0.4) is 0 Å². The van der Waals surface area contributed by atoms with Crippen molar-refractivity contribution in [2.24, 2.45) is 5.73 Å². The minimum absolute atomic E-state index is 0.188. The van der Waals surface area contributed by atoms with Gasteiger partial charge in [0.2, 0.25) is 0 Å². The second-order valence-corrected chi connectivity index (χ2v) is 5.46. The molecule has 1 aromatic carbocycles. The lowest BCUT2D eigenvalue weighted by Crippen LogP contribution is -2.43. The lowest BCUT2D eigenvalue weighted by molar-refractivity contribution is 0.250. The standard InChI is InChI=1S/C13H18BrNO2/c1-8-9(13(15)5-4-6-13)7-10(14)12(17-3)11(8)16-2/h7H,4-6,15H2,1-3H3. The Balaban J connectivity index is 2.58. The first-order chi connectivity index (χ1) is 8.03. The van der Waals surface area contributed by atoms with Gasteiger partial charge in [-0.3, -0.25) is 0 Å². The summed E-state index contributed by atoms with van der Waals surface area (Å²) in [5, 5.41) is 0. The lowest BCUT2D eigenvalue weighted by atomic mass is 9.71. The average molecular weight is 300 g/mol. The van der Waals surface area contributed by atoms with E-state index in [-0.39, 0.29) is 5.54 Å². The van der Waals surface area contributed by atoms with Gasteiger partial charge in [-0.2, -0.15) is 0 Å². The predicted octanol–water partition coefficient (Wildman–Crippen LogP) is 3.11. The zero-order valence-corrected chi connectivity index (χ0v) is 12.1. The number of benzene rings is 1. The Morgan fingerprint density at radius 1 is 1.24 bits per heavy atom. The number of hydrogen-bond acceptors (Lipinski definition) is 3. The van der Waals surface area contributed by atoms with Crippen molar-refractivity contribution in [3.8, 4) is 11.5 Å². The van der Waals surface area contributed by atoms with E-state index in [9.17, 15) is 0 Å². The first-order valence-corrected chi connectivity index (χ1v) is 6.53. The molecule has 17 heavy (non-hydrogen) atoms. The second-order valence-electron chi connectivity index (χ2n) is 4.61. The Hall–Kier alpha value is -0.740. The summed E-state index contributed by atoms with van der Waals surface area (Å²) in [4.78, 5) is 0. The maximum absolute atomic E-state index is 6.39. The quantitative estimate of drug-likeness (QED) is 0.933. The van der Waals surface area contributed by atoms with Gasteiger partial charge in [0.05, 0.1) is 18.7 Å². The summed E-state index contributed by atoms with van der Waals surface area (Å²) < 4.78 is 11.7. The Kier molecular flexibility index (Phi) is 3.36. The molecule has 0 spiro atoms. The minimum Gasteiger partial charge on any atom is -0.493 e. The second kappa shape index (κ2) is 4.50. The van der Waals surface area contributed by atoms with Crippen LogP contribution in [0.1, 0.15) is 30.4 Å². The summed E-state index contributed by atoms with van der Waals surface area (Å²) >= 11 is 3.52. The highest BCUT2D eigenvalue weighted by molar-refractivity contribution is 9.10. The highest BCUT2D eigenvalue weighted by Gasteiger charge is 2.37. The summed E-state index contributed by atoms with van der Waals surface area (Å²) in [7, 11) is 3.30. The number of rotatable bonds is 3. The van der Waals surface area contributed by atoms with E-state index in [0.29, 0.717) is 0 Å². The minimum atomic E-state index is -0.188. The number of nitrogens with two attached hydrogens (primary N) is 1. The van der Waals surface area contributed by atoms with Crippen molar-refractivity contribution in [1.82, 2.24) is 0 Å². The van der Waals surface area contributed by atoms with Gasteiger partial charge in [-0.05, 0) is 53.7 Å². The molecular formula is C13H18BrNO2. The molecule has 0 unspecified atom stereocenters. The number of hydrogen-bond donors (Lipinski definition) is 1. The third-order valence-electron chi connectivity index (χ3n) is 3.63. The van der Waals surface area contributed by atoms with E-state index in [1.54, 1.807) is 14.2 Å². The molecule has 1 aliphatic carbocycles. The Bertz CT molecular complexity index is 442. The molecule has 1 aliphatic rings. The normalized spacial score (nSPS) is 17.5. The molecule has 2 rings (SSSR count). The van der Waals surface area contributed by atoms with Crippen LogP contribution in [0.4, 0.5) is 0 Å². The molecule has 1 saturated carbocycles. The molecule has 1 fully saturated rings. The van der Waals surface area contributed by atoms with E-state index < -0.39 is 0 Å². The van der Waals surface area contributed by atoms with Crippen molar-refractivity contribution in [2.75, 3.05) is 14.2 Å². The van der Waals surface area contributed by atoms with E-state index >= 15 is 0 Å². The maximum atomic E-state index is 6.39. The van der Waals surface area contributed by atoms with Crippen LogP contribution in [-0.2, 0) is 5.54 Å². The smallest absolute Gasteiger partial charge is 0.175 e. The van der Waals surface area contributed by atoms with Crippen LogP contribution in [0.2, 0.25) is 0 Å². The zero-order valence-electron chi connectivity index (χ0n) is 10.5. The van der Waals surface area contributed by atoms with Gasteiger partial charge in [-0.15, -0.1) is 0 Å². The van der Waals surface area contributed by atoms with Crippen molar-refractivity contribution in [2.45, 2.75) is 31.7 Å². The molecule has 0 radical (unpaired) electrons. The molecule has 1 aromatic rings. The van der Waals surface area contributed by atoms with Crippen LogP contribution in [0.5, 0.6) is 11.5 Å². The van der Waals surface area contributed by atoms with Crippen molar-refractivity contribution in [3.05, 3.63) is 21.7 Å².